The van der Waals surface area contributed by atoms with Gasteiger partial charge in [0.2, 0.25) is 15.9 Å². The number of hydrogen-bond donors (Lipinski definition) is 2. The van der Waals surface area contributed by atoms with Crippen LogP contribution in [0.15, 0.2) is 23.1 Å². The molecule has 3 rings (SSSR count). The number of carbonyl (C=O) groups excluding carboxylic acids is 1. The highest BCUT2D eigenvalue weighted by Gasteiger charge is 2.27. The molecule has 0 aliphatic carbocycles. The quantitative estimate of drug-likeness (QED) is 0.663. The van der Waals surface area contributed by atoms with Crippen LogP contribution in [0.5, 0.6) is 0 Å². The standard InChI is InChI=1S/C20H31N3O5S/c1-3-15(2)20(24)22-19-13-17(29(25,26)23-8-11-27-12-9-23)6-7-18(19)21-14-16-5-4-10-28-16/h6-7,13,15-16,21H,3-5,8-12,14H2,1-2H3,(H,22,24). The molecule has 0 radical (unpaired) electrons. The largest absolute Gasteiger partial charge is 0.381 e. The number of morpholine rings is 1. The molecule has 8 nitrogen and oxygen atoms in total. The van der Waals surface area contributed by atoms with Crippen LogP contribution in [0.25, 0.3) is 0 Å². The molecule has 162 valence electrons. The van der Waals surface area contributed by atoms with E-state index in [4.69, 9.17) is 9.47 Å². The molecule has 29 heavy (non-hydrogen) atoms. The lowest BCUT2D eigenvalue weighted by molar-refractivity contribution is -0.119. The number of nitrogens with zero attached hydrogens (tertiary/aromatic N) is 1. The van der Waals surface area contributed by atoms with E-state index in [1.807, 2.05) is 13.8 Å². The van der Waals surface area contributed by atoms with Crippen molar-refractivity contribution in [1.29, 1.82) is 0 Å². The topological polar surface area (TPSA) is 97.0 Å². The fourth-order valence-electron chi connectivity index (χ4n) is 3.35. The van der Waals surface area contributed by atoms with Gasteiger partial charge in [0.05, 0.1) is 35.6 Å². The maximum atomic E-state index is 13.0. The van der Waals surface area contributed by atoms with Crippen molar-refractivity contribution in [3.05, 3.63) is 18.2 Å². The van der Waals surface area contributed by atoms with Crippen LogP contribution in [0.1, 0.15) is 33.1 Å². The second kappa shape index (κ2) is 9.88. The van der Waals surface area contributed by atoms with Crippen LogP contribution in [-0.4, -0.2) is 64.2 Å². The maximum absolute atomic E-state index is 13.0. The lowest BCUT2D eigenvalue weighted by Crippen LogP contribution is -2.40. The Balaban J connectivity index is 1.84. The van der Waals surface area contributed by atoms with E-state index in [0.29, 0.717) is 50.6 Å². The molecule has 0 bridgehead atoms. The first kappa shape index (κ1) is 22.0. The molecule has 1 aromatic carbocycles. The molecule has 2 atom stereocenters. The minimum Gasteiger partial charge on any atom is -0.381 e. The van der Waals surface area contributed by atoms with Crippen molar-refractivity contribution in [1.82, 2.24) is 4.31 Å². The number of benzene rings is 1. The summed E-state index contributed by atoms with van der Waals surface area (Å²) in [6.07, 6.45) is 2.87. The van der Waals surface area contributed by atoms with Crippen LogP contribution in [0, 0.1) is 5.92 Å². The molecule has 9 heteroatoms. The van der Waals surface area contributed by atoms with Gasteiger partial charge in [0.25, 0.3) is 0 Å². The highest BCUT2D eigenvalue weighted by Crippen LogP contribution is 2.29. The summed E-state index contributed by atoms with van der Waals surface area (Å²) in [7, 11) is -3.64. The molecule has 1 aromatic rings. The molecule has 2 aliphatic heterocycles. The molecule has 1 amide bonds. The molecule has 0 saturated carbocycles. The predicted molar refractivity (Wildman–Crippen MR) is 112 cm³/mol. The molecule has 2 saturated heterocycles. The maximum Gasteiger partial charge on any atom is 0.243 e. The molecule has 2 fully saturated rings. The molecule has 2 N–H and O–H groups in total. The summed E-state index contributed by atoms with van der Waals surface area (Å²) in [4.78, 5) is 12.6. The van der Waals surface area contributed by atoms with Crippen molar-refractivity contribution in [3.63, 3.8) is 0 Å². The van der Waals surface area contributed by atoms with E-state index in [-0.39, 0.29) is 22.8 Å². The zero-order valence-corrected chi connectivity index (χ0v) is 18.0. The first-order valence-electron chi connectivity index (χ1n) is 10.3. The lowest BCUT2D eigenvalue weighted by Gasteiger charge is -2.26. The minimum atomic E-state index is -3.64. The van der Waals surface area contributed by atoms with Gasteiger partial charge in [-0.3, -0.25) is 4.79 Å². The number of anilines is 2. The minimum absolute atomic E-state index is 0.130. The van der Waals surface area contributed by atoms with Crippen LogP contribution in [-0.2, 0) is 24.3 Å². The van der Waals surface area contributed by atoms with Crippen molar-refractivity contribution in [2.24, 2.45) is 5.92 Å². The van der Waals surface area contributed by atoms with Gasteiger partial charge in [0.15, 0.2) is 0 Å². The van der Waals surface area contributed by atoms with Crippen molar-refractivity contribution in [2.75, 3.05) is 50.1 Å². The Morgan fingerprint density at radius 3 is 2.66 bits per heavy atom. The summed E-state index contributed by atoms with van der Waals surface area (Å²) in [5, 5.41) is 6.21. The van der Waals surface area contributed by atoms with Crippen LogP contribution in [0.3, 0.4) is 0 Å². The summed E-state index contributed by atoms with van der Waals surface area (Å²) in [6.45, 7) is 6.60. The number of sulfonamides is 1. The van der Waals surface area contributed by atoms with Crippen molar-refractivity contribution >= 4 is 27.3 Å². The monoisotopic (exact) mass is 425 g/mol. The van der Waals surface area contributed by atoms with Gasteiger partial charge in [-0.1, -0.05) is 13.8 Å². The van der Waals surface area contributed by atoms with Crippen LogP contribution in [0.2, 0.25) is 0 Å². The van der Waals surface area contributed by atoms with E-state index in [9.17, 15) is 13.2 Å². The first-order chi connectivity index (χ1) is 13.9. The summed E-state index contributed by atoms with van der Waals surface area (Å²) >= 11 is 0. The number of amides is 1. The van der Waals surface area contributed by atoms with E-state index in [0.717, 1.165) is 19.4 Å². The zero-order valence-electron chi connectivity index (χ0n) is 17.1. The van der Waals surface area contributed by atoms with Crippen LogP contribution in [0.4, 0.5) is 11.4 Å². The number of nitrogens with one attached hydrogen (secondary N) is 2. The first-order valence-corrected chi connectivity index (χ1v) is 11.7. The predicted octanol–water partition coefficient (Wildman–Crippen LogP) is 2.28. The van der Waals surface area contributed by atoms with Gasteiger partial charge in [-0.2, -0.15) is 4.31 Å². The number of ether oxygens (including phenoxy) is 2. The van der Waals surface area contributed by atoms with E-state index in [1.165, 1.54) is 4.31 Å². The highest BCUT2D eigenvalue weighted by molar-refractivity contribution is 7.89. The fourth-order valence-corrected chi connectivity index (χ4v) is 4.78. The zero-order chi connectivity index (χ0) is 20.9. The lowest BCUT2D eigenvalue weighted by atomic mass is 10.1. The smallest absolute Gasteiger partial charge is 0.243 e. The second-order valence-electron chi connectivity index (χ2n) is 7.54. The van der Waals surface area contributed by atoms with E-state index < -0.39 is 10.0 Å². The van der Waals surface area contributed by atoms with Gasteiger partial charge >= 0.3 is 0 Å². The third kappa shape index (κ3) is 5.48. The van der Waals surface area contributed by atoms with Gasteiger partial charge < -0.3 is 20.1 Å². The Bertz CT molecular complexity index is 802. The third-order valence-electron chi connectivity index (χ3n) is 5.46. The third-order valence-corrected chi connectivity index (χ3v) is 7.36. The van der Waals surface area contributed by atoms with Gasteiger partial charge in [-0.15, -0.1) is 0 Å². The molecule has 2 aliphatic rings. The SMILES string of the molecule is CCC(C)C(=O)Nc1cc(S(=O)(=O)N2CCOCC2)ccc1NCC1CCCO1. The Morgan fingerprint density at radius 2 is 2.00 bits per heavy atom. The van der Waals surface area contributed by atoms with Gasteiger partial charge in [0.1, 0.15) is 0 Å². The fraction of sp³-hybridized carbons (Fsp3) is 0.650. The van der Waals surface area contributed by atoms with E-state index in [1.54, 1.807) is 18.2 Å². The number of carbonyl (C=O) groups is 1. The summed E-state index contributed by atoms with van der Waals surface area (Å²) in [5.41, 5.74) is 1.17. The van der Waals surface area contributed by atoms with E-state index in [2.05, 4.69) is 10.6 Å². The Morgan fingerprint density at radius 1 is 1.24 bits per heavy atom. The molecule has 2 unspecified atom stereocenters. The van der Waals surface area contributed by atoms with Crippen molar-refractivity contribution in [3.8, 4) is 0 Å². The Kier molecular flexibility index (Phi) is 7.50. The summed E-state index contributed by atoms with van der Waals surface area (Å²) in [5.74, 6) is -0.297. The Hall–Kier alpha value is -1.68. The van der Waals surface area contributed by atoms with Crippen molar-refractivity contribution in [2.45, 2.75) is 44.1 Å². The number of hydrogen-bond acceptors (Lipinski definition) is 6. The summed E-state index contributed by atoms with van der Waals surface area (Å²) in [6, 6.07) is 4.85. The van der Waals surface area contributed by atoms with Crippen LogP contribution >= 0.6 is 0 Å². The molecule has 2 heterocycles. The molecule has 0 aromatic heterocycles. The van der Waals surface area contributed by atoms with Crippen LogP contribution < -0.4 is 10.6 Å². The van der Waals surface area contributed by atoms with E-state index >= 15 is 0 Å². The average molecular weight is 426 g/mol. The van der Waals surface area contributed by atoms with Gasteiger partial charge in [-0.25, -0.2) is 8.42 Å². The molecular weight excluding hydrogens is 394 g/mol. The number of rotatable bonds is 8. The highest BCUT2D eigenvalue weighted by atomic mass is 32.2. The average Bonchev–Trinajstić information content (AvgIpc) is 3.26. The normalized spacial score (nSPS) is 21.7. The molecule has 0 spiro atoms. The Labute approximate surface area is 173 Å². The summed E-state index contributed by atoms with van der Waals surface area (Å²) < 4.78 is 38.3. The van der Waals surface area contributed by atoms with Crippen molar-refractivity contribution < 1.29 is 22.7 Å². The van der Waals surface area contributed by atoms with Gasteiger partial charge in [0, 0.05) is 32.2 Å². The second-order valence-corrected chi connectivity index (χ2v) is 9.48. The van der Waals surface area contributed by atoms with Gasteiger partial charge in [-0.05, 0) is 37.5 Å². The molecular formula is C20H31N3O5S.